The highest BCUT2D eigenvalue weighted by Gasteiger charge is 2.46. The molecule has 2 N–H and O–H groups in total. The minimum atomic E-state index is -0.770. The van der Waals surface area contributed by atoms with Gasteiger partial charge in [0.25, 0.3) is 11.7 Å². The number of rotatable bonds is 6. The van der Waals surface area contributed by atoms with Gasteiger partial charge in [-0.2, -0.15) is 0 Å². The first-order valence-electron chi connectivity index (χ1n) is 10.1. The van der Waals surface area contributed by atoms with E-state index >= 15 is 0 Å². The normalized spacial score (nSPS) is 18.3. The van der Waals surface area contributed by atoms with Gasteiger partial charge >= 0.3 is 0 Å². The van der Waals surface area contributed by atoms with Gasteiger partial charge in [-0.1, -0.05) is 49.7 Å². The fraction of sp³-hybridized carbons (Fsp3) is 0.333. The number of hydrogen-bond donors (Lipinski definition) is 2. The maximum Gasteiger partial charge on any atom is 0.295 e. The van der Waals surface area contributed by atoms with Crippen LogP contribution in [0.4, 0.5) is 0 Å². The first kappa shape index (κ1) is 21.4. The van der Waals surface area contributed by atoms with Crippen molar-refractivity contribution in [1.29, 1.82) is 0 Å². The van der Waals surface area contributed by atoms with Gasteiger partial charge in [-0.3, -0.25) is 9.59 Å². The molecule has 3 rings (SSSR count). The highest BCUT2D eigenvalue weighted by molar-refractivity contribution is 6.46. The minimum Gasteiger partial charge on any atom is -0.507 e. The molecule has 30 heavy (non-hydrogen) atoms. The van der Waals surface area contributed by atoms with Crippen LogP contribution >= 0.6 is 0 Å². The summed E-state index contributed by atoms with van der Waals surface area (Å²) in [6, 6.07) is 11.1. The first-order valence-corrected chi connectivity index (χ1v) is 10.1. The maximum atomic E-state index is 13.0. The van der Waals surface area contributed by atoms with E-state index in [1.54, 1.807) is 31.2 Å². The third-order valence-electron chi connectivity index (χ3n) is 5.03. The van der Waals surface area contributed by atoms with E-state index in [1.165, 1.54) is 11.0 Å². The average molecular weight is 409 g/mol. The van der Waals surface area contributed by atoms with Crippen LogP contribution in [0.5, 0.6) is 11.5 Å². The summed E-state index contributed by atoms with van der Waals surface area (Å²) in [5.41, 5.74) is 2.11. The molecule has 1 amide bonds. The van der Waals surface area contributed by atoms with Crippen LogP contribution in [0.25, 0.3) is 5.76 Å². The predicted octanol–water partition coefficient (Wildman–Crippen LogP) is 4.18. The number of aromatic hydroxyl groups is 1. The Morgan fingerprint density at radius 3 is 2.40 bits per heavy atom. The molecule has 2 aromatic carbocycles. The van der Waals surface area contributed by atoms with Crippen molar-refractivity contribution >= 4 is 17.4 Å². The standard InChI is InChI=1S/C24H27NO5/c1-5-30-19-12-17(10-11-18(19)26)21-20(22(27)16-8-6-15(4)7-9-16)23(28)24(29)25(21)13-14(2)3/h6-12,14,21,26-27H,5,13H2,1-4H3/t21-/m1/s1. The SMILES string of the molecule is CCOc1cc([C@@H]2C(=C(O)c3ccc(C)cc3)C(=O)C(=O)N2CC(C)C)ccc1O. The molecule has 0 radical (unpaired) electrons. The van der Waals surface area contributed by atoms with Gasteiger partial charge in [0.1, 0.15) is 5.76 Å². The summed E-state index contributed by atoms with van der Waals surface area (Å²) < 4.78 is 5.48. The topological polar surface area (TPSA) is 87.1 Å². The molecule has 1 atom stereocenters. The number of ether oxygens (including phenoxy) is 1. The van der Waals surface area contributed by atoms with E-state index in [0.29, 0.717) is 24.3 Å². The van der Waals surface area contributed by atoms with Crippen molar-refractivity contribution in [3.63, 3.8) is 0 Å². The van der Waals surface area contributed by atoms with Crippen LogP contribution < -0.4 is 4.74 Å². The van der Waals surface area contributed by atoms with E-state index in [9.17, 15) is 19.8 Å². The number of benzene rings is 2. The fourth-order valence-electron chi connectivity index (χ4n) is 3.65. The van der Waals surface area contributed by atoms with E-state index in [-0.39, 0.29) is 28.7 Å². The molecule has 0 aliphatic carbocycles. The molecule has 2 aromatic rings. The number of carbonyl (C=O) groups is 2. The third-order valence-corrected chi connectivity index (χ3v) is 5.03. The van der Waals surface area contributed by atoms with Gasteiger partial charge in [-0.25, -0.2) is 0 Å². The molecule has 0 spiro atoms. The third kappa shape index (κ3) is 4.03. The van der Waals surface area contributed by atoms with Crippen molar-refractivity contribution < 1.29 is 24.5 Å². The van der Waals surface area contributed by atoms with Crippen LogP contribution in [0.15, 0.2) is 48.0 Å². The predicted molar refractivity (Wildman–Crippen MR) is 114 cm³/mol. The van der Waals surface area contributed by atoms with Crippen molar-refractivity contribution in [2.24, 2.45) is 5.92 Å². The second kappa shape index (κ2) is 8.61. The molecular weight excluding hydrogens is 382 g/mol. The van der Waals surface area contributed by atoms with E-state index in [0.717, 1.165) is 5.56 Å². The Bertz CT molecular complexity index is 991. The number of ketones is 1. The van der Waals surface area contributed by atoms with Crippen molar-refractivity contribution in [2.75, 3.05) is 13.2 Å². The number of Topliss-reactive ketones (excluding diaryl/α,β-unsaturated/α-hetero) is 1. The lowest BCUT2D eigenvalue weighted by atomic mass is 9.94. The smallest absolute Gasteiger partial charge is 0.295 e. The molecule has 0 bridgehead atoms. The number of nitrogens with zero attached hydrogens (tertiary/aromatic N) is 1. The molecule has 1 fully saturated rings. The summed E-state index contributed by atoms with van der Waals surface area (Å²) in [5.74, 6) is -1.22. The van der Waals surface area contributed by atoms with Gasteiger partial charge in [0.15, 0.2) is 11.5 Å². The highest BCUT2D eigenvalue weighted by Crippen LogP contribution is 2.42. The van der Waals surface area contributed by atoms with E-state index in [1.807, 2.05) is 32.9 Å². The molecule has 158 valence electrons. The number of aliphatic hydroxyl groups is 1. The number of amides is 1. The lowest BCUT2D eigenvalue weighted by molar-refractivity contribution is -0.140. The number of likely N-dealkylation sites (tertiary alicyclic amines) is 1. The van der Waals surface area contributed by atoms with Crippen LogP contribution in [0.3, 0.4) is 0 Å². The highest BCUT2D eigenvalue weighted by atomic mass is 16.5. The van der Waals surface area contributed by atoms with Crippen LogP contribution in [-0.4, -0.2) is 40.0 Å². The summed E-state index contributed by atoms with van der Waals surface area (Å²) >= 11 is 0. The zero-order valence-electron chi connectivity index (χ0n) is 17.7. The van der Waals surface area contributed by atoms with Crippen LogP contribution in [0.2, 0.25) is 0 Å². The molecule has 1 saturated heterocycles. The lowest BCUT2D eigenvalue weighted by Gasteiger charge is -2.27. The molecule has 0 unspecified atom stereocenters. The molecular formula is C24H27NO5. The van der Waals surface area contributed by atoms with Crippen LogP contribution in [0.1, 0.15) is 43.5 Å². The Morgan fingerprint density at radius 2 is 1.80 bits per heavy atom. The van der Waals surface area contributed by atoms with Crippen molar-refractivity contribution in [1.82, 2.24) is 4.90 Å². The summed E-state index contributed by atoms with van der Waals surface area (Å²) in [6.45, 7) is 8.35. The first-order chi connectivity index (χ1) is 14.2. The monoisotopic (exact) mass is 409 g/mol. The molecule has 1 heterocycles. The van der Waals surface area contributed by atoms with Crippen molar-refractivity contribution in [3.8, 4) is 11.5 Å². The minimum absolute atomic E-state index is 0.0278. The van der Waals surface area contributed by atoms with Crippen molar-refractivity contribution in [3.05, 3.63) is 64.7 Å². The number of carbonyl (C=O) groups excluding carboxylic acids is 2. The molecule has 1 aliphatic rings. The molecule has 6 nitrogen and oxygen atoms in total. The Morgan fingerprint density at radius 1 is 1.13 bits per heavy atom. The Hall–Kier alpha value is -3.28. The second-order valence-electron chi connectivity index (χ2n) is 7.87. The van der Waals surface area contributed by atoms with E-state index in [2.05, 4.69) is 0 Å². The number of phenolic OH excluding ortho intramolecular Hbond substituents is 1. The largest absolute Gasteiger partial charge is 0.507 e. The Kier molecular flexibility index (Phi) is 6.15. The van der Waals surface area contributed by atoms with Gasteiger partial charge in [0.05, 0.1) is 18.2 Å². The van der Waals surface area contributed by atoms with Crippen LogP contribution in [0, 0.1) is 12.8 Å². The second-order valence-corrected chi connectivity index (χ2v) is 7.87. The Balaban J connectivity index is 2.20. The molecule has 6 heteroatoms. The van der Waals surface area contributed by atoms with E-state index < -0.39 is 17.7 Å². The summed E-state index contributed by atoms with van der Waals surface area (Å²) in [4.78, 5) is 27.3. The van der Waals surface area contributed by atoms with Gasteiger partial charge in [-0.15, -0.1) is 0 Å². The maximum absolute atomic E-state index is 13.0. The number of aryl methyl sites for hydroxylation is 1. The van der Waals surface area contributed by atoms with E-state index in [4.69, 9.17) is 4.74 Å². The van der Waals surface area contributed by atoms with Gasteiger partial charge < -0.3 is 19.8 Å². The molecule has 0 saturated carbocycles. The number of hydrogen-bond acceptors (Lipinski definition) is 5. The summed E-state index contributed by atoms with van der Waals surface area (Å²) in [6.07, 6.45) is 0. The zero-order valence-corrected chi connectivity index (χ0v) is 17.7. The van der Waals surface area contributed by atoms with Crippen LogP contribution in [-0.2, 0) is 9.59 Å². The summed E-state index contributed by atoms with van der Waals surface area (Å²) in [5, 5.41) is 21.1. The molecule has 1 aliphatic heterocycles. The number of phenols is 1. The van der Waals surface area contributed by atoms with Gasteiger partial charge in [0, 0.05) is 12.1 Å². The van der Waals surface area contributed by atoms with Gasteiger partial charge in [-0.05, 0) is 37.5 Å². The average Bonchev–Trinajstić information content (AvgIpc) is 2.94. The van der Waals surface area contributed by atoms with Gasteiger partial charge in [0.2, 0.25) is 0 Å². The zero-order chi connectivity index (χ0) is 22.0. The summed E-state index contributed by atoms with van der Waals surface area (Å²) in [7, 11) is 0. The van der Waals surface area contributed by atoms with Crippen molar-refractivity contribution in [2.45, 2.75) is 33.7 Å². The fourth-order valence-corrected chi connectivity index (χ4v) is 3.65. The quantitative estimate of drug-likeness (QED) is 0.425. The number of aliphatic hydroxyl groups excluding tert-OH is 1. The molecule has 0 aromatic heterocycles. The lowest BCUT2D eigenvalue weighted by Crippen LogP contribution is -2.33. The Labute approximate surface area is 176 Å².